The Kier molecular flexibility index (Phi) is 7.81. The van der Waals surface area contributed by atoms with Gasteiger partial charge in [-0.1, -0.05) is 22.0 Å². The van der Waals surface area contributed by atoms with Crippen molar-refractivity contribution in [2.24, 2.45) is 16.8 Å². The molecule has 4 heterocycles. The van der Waals surface area contributed by atoms with Crippen LogP contribution in [0.15, 0.2) is 38.3 Å². The number of nitrogens with zero attached hydrogens (tertiary/aromatic N) is 4. The van der Waals surface area contributed by atoms with E-state index in [4.69, 9.17) is 4.98 Å². The zero-order chi connectivity index (χ0) is 26.2. The quantitative estimate of drug-likeness (QED) is 0.484. The number of carbonyl (C=O) groups excluding carboxylic acids is 1. The first-order valence-corrected chi connectivity index (χ1v) is 15.8. The number of nitrogens with one attached hydrogen (secondary N) is 1. The van der Waals surface area contributed by atoms with Crippen LogP contribution in [-0.2, 0) is 17.6 Å². The molecule has 1 N–H and O–H groups in total. The van der Waals surface area contributed by atoms with Crippen LogP contribution >= 0.6 is 31.9 Å². The number of halogens is 2. The smallest absolute Gasteiger partial charge is 0.222 e. The number of aryl methyl sites for hydroxylation is 3. The maximum absolute atomic E-state index is 13.3. The lowest BCUT2D eigenvalue weighted by molar-refractivity contribution is -0.134. The van der Waals surface area contributed by atoms with Gasteiger partial charge in [0, 0.05) is 60.2 Å². The van der Waals surface area contributed by atoms with Gasteiger partial charge in [-0.15, -0.1) is 0 Å². The molecule has 0 radical (unpaired) electrons. The number of hydrogen-bond donors (Lipinski definition) is 1. The lowest BCUT2D eigenvalue weighted by Crippen LogP contribution is -2.45. The molecule has 2 aromatic rings. The Labute approximate surface area is 242 Å². The van der Waals surface area contributed by atoms with Crippen LogP contribution < -0.4 is 5.32 Å². The van der Waals surface area contributed by atoms with Gasteiger partial charge in [-0.3, -0.25) is 14.8 Å². The SMILES string of the molecule is Cc1cc(Br)c2c(c1)CCc1cc(Br)cnc1C2C1CCN(C(=O)CC2CCN(C3=NCCN3)CC2)CC1. The van der Waals surface area contributed by atoms with Gasteiger partial charge in [-0.2, -0.15) is 0 Å². The van der Waals surface area contributed by atoms with E-state index in [0.29, 0.717) is 24.2 Å². The molecule has 1 atom stereocenters. The van der Waals surface area contributed by atoms with Crippen molar-refractivity contribution >= 4 is 43.7 Å². The Balaban J connectivity index is 1.13. The molecule has 0 bridgehead atoms. The number of amides is 1. The summed E-state index contributed by atoms with van der Waals surface area (Å²) in [6.45, 7) is 7.72. The summed E-state index contributed by atoms with van der Waals surface area (Å²) in [5.74, 6) is 2.63. The minimum absolute atomic E-state index is 0.263. The molecule has 38 heavy (non-hydrogen) atoms. The molecular formula is C30H37Br2N5O. The minimum atomic E-state index is 0.263. The summed E-state index contributed by atoms with van der Waals surface area (Å²) < 4.78 is 2.26. The minimum Gasteiger partial charge on any atom is -0.354 e. The number of likely N-dealkylation sites (tertiary alicyclic amines) is 2. The van der Waals surface area contributed by atoms with Crippen molar-refractivity contribution in [2.75, 3.05) is 39.3 Å². The van der Waals surface area contributed by atoms with Crippen molar-refractivity contribution in [3.05, 3.63) is 61.3 Å². The van der Waals surface area contributed by atoms with Crippen LogP contribution in [0.2, 0.25) is 0 Å². The third kappa shape index (κ3) is 5.40. The molecule has 202 valence electrons. The highest BCUT2D eigenvalue weighted by atomic mass is 79.9. The zero-order valence-electron chi connectivity index (χ0n) is 22.2. The number of aromatic nitrogens is 1. The third-order valence-electron chi connectivity index (χ3n) is 8.99. The van der Waals surface area contributed by atoms with Gasteiger partial charge in [0.1, 0.15) is 0 Å². The molecule has 4 aliphatic rings. The van der Waals surface area contributed by atoms with Crippen LogP contribution in [0.5, 0.6) is 0 Å². The molecule has 6 rings (SSSR count). The summed E-state index contributed by atoms with van der Waals surface area (Å²) in [6, 6.07) is 6.89. The molecule has 1 aromatic heterocycles. The Morgan fingerprint density at radius 2 is 1.79 bits per heavy atom. The molecule has 2 saturated heterocycles. The second-order valence-electron chi connectivity index (χ2n) is 11.5. The molecule has 1 amide bonds. The Bertz CT molecular complexity index is 1230. The molecule has 0 saturated carbocycles. The standard InChI is InChI=1S/C30H37Br2N5O/c1-19-14-22-2-3-23-17-24(31)18-35-29(23)28(27(22)25(32)15-19)21-6-12-36(13-7-21)26(38)16-20-4-10-37(11-5-20)30-33-8-9-34-30/h14-15,17-18,20-21,28H,2-13,16H2,1H3,(H,33,34). The molecule has 2 fully saturated rings. The summed E-state index contributed by atoms with van der Waals surface area (Å²) in [7, 11) is 0. The predicted molar refractivity (Wildman–Crippen MR) is 159 cm³/mol. The summed E-state index contributed by atoms with van der Waals surface area (Å²) in [5.41, 5.74) is 6.75. The zero-order valence-corrected chi connectivity index (χ0v) is 25.4. The van der Waals surface area contributed by atoms with E-state index in [1.807, 2.05) is 6.20 Å². The second kappa shape index (κ2) is 11.3. The average molecular weight is 643 g/mol. The summed E-state index contributed by atoms with van der Waals surface area (Å²) in [6.07, 6.45) is 8.90. The molecule has 8 heteroatoms. The van der Waals surface area contributed by atoms with Gasteiger partial charge in [-0.25, -0.2) is 0 Å². The topological polar surface area (TPSA) is 60.8 Å². The predicted octanol–water partition coefficient (Wildman–Crippen LogP) is 5.45. The summed E-state index contributed by atoms with van der Waals surface area (Å²) >= 11 is 7.59. The van der Waals surface area contributed by atoms with Crippen molar-refractivity contribution in [1.29, 1.82) is 0 Å². The van der Waals surface area contributed by atoms with Crippen molar-refractivity contribution in [3.63, 3.8) is 0 Å². The van der Waals surface area contributed by atoms with Crippen LogP contribution in [0.4, 0.5) is 0 Å². The van der Waals surface area contributed by atoms with E-state index in [9.17, 15) is 4.79 Å². The molecule has 3 aliphatic heterocycles. The van der Waals surface area contributed by atoms with Crippen LogP contribution in [0.3, 0.4) is 0 Å². The monoisotopic (exact) mass is 641 g/mol. The number of rotatable bonds is 3. The van der Waals surface area contributed by atoms with Gasteiger partial charge in [0.25, 0.3) is 0 Å². The summed E-state index contributed by atoms with van der Waals surface area (Å²) in [4.78, 5) is 27.4. The number of hydrogen-bond acceptors (Lipinski definition) is 5. The molecular weight excluding hydrogens is 606 g/mol. The fraction of sp³-hybridized carbons (Fsp3) is 0.567. The Hall–Kier alpha value is -1.93. The van der Waals surface area contributed by atoms with E-state index in [1.54, 1.807) is 0 Å². The van der Waals surface area contributed by atoms with E-state index >= 15 is 0 Å². The van der Waals surface area contributed by atoms with Crippen molar-refractivity contribution < 1.29 is 4.79 Å². The van der Waals surface area contributed by atoms with Gasteiger partial charge < -0.3 is 15.1 Å². The summed E-state index contributed by atoms with van der Waals surface area (Å²) in [5, 5.41) is 3.38. The van der Waals surface area contributed by atoms with Crippen LogP contribution in [0.1, 0.15) is 66.0 Å². The van der Waals surface area contributed by atoms with Crippen molar-refractivity contribution in [3.8, 4) is 0 Å². The number of piperidine rings is 2. The Morgan fingerprint density at radius 1 is 1.03 bits per heavy atom. The number of fused-ring (bicyclic) bond motifs is 2. The number of aliphatic imine (C=N–C) groups is 1. The molecule has 1 unspecified atom stereocenters. The van der Waals surface area contributed by atoms with Crippen molar-refractivity contribution in [1.82, 2.24) is 20.1 Å². The molecule has 6 nitrogen and oxygen atoms in total. The van der Waals surface area contributed by atoms with Crippen molar-refractivity contribution in [2.45, 2.75) is 57.8 Å². The van der Waals surface area contributed by atoms with E-state index in [1.165, 1.54) is 32.4 Å². The van der Waals surface area contributed by atoms with E-state index in [-0.39, 0.29) is 5.92 Å². The highest BCUT2D eigenvalue weighted by Crippen LogP contribution is 2.45. The first kappa shape index (κ1) is 26.3. The fourth-order valence-corrected chi connectivity index (χ4v) is 8.26. The number of pyridine rings is 1. The van der Waals surface area contributed by atoms with E-state index in [0.717, 1.165) is 88.2 Å². The number of carbonyl (C=O) groups is 1. The average Bonchev–Trinajstić information content (AvgIpc) is 3.40. The number of guanidine groups is 1. The first-order chi connectivity index (χ1) is 18.5. The Morgan fingerprint density at radius 3 is 2.53 bits per heavy atom. The lowest BCUT2D eigenvalue weighted by atomic mass is 9.76. The highest BCUT2D eigenvalue weighted by molar-refractivity contribution is 9.10. The highest BCUT2D eigenvalue weighted by Gasteiger charge is 2.36. The normalized spacial score (nSPS) is 22.4. The van der Waals surface area contributed by atoms with Crippen LogP contribution in [-0.4, -0.2) is 65.9 Å². The largest absolute Gasteiger partial charge is 0.354 e. The van der Waals surface area contributed by atoms with E-state index < -0.39 is 0 Å². The first-order valence-electron chi connectivity index (χ1n) is 14.2. The van der Waals surface area contributed by atoms with Gasteiger partial charge in [0.05, 0.1) is 12.2 Å². The second-order valence-corrected chi connectivity index (χ2v) is 13.2. The van der Waals surface area contributed by atoms with Gasteiger partial charge in [0.15, 0.2) is 5.96 Å². The fourth-order valence-electron chi connectivity index (χ4n) is 7.02. The third-order valence-corrected chi connectivity index (χ3v) is 10.1. The molecule has 1 aromatic carbocycles. The number of benzene rings is 1. The molecule has 1 aliphatic carbocycles. The lowest BCUT2D eigenvalue weighted by Gasteiger charge is -2.38. The maximum Gasteiger partial charge on any atom is 0.222 e. The maximum atomic E-state index is 13.3. The molecule has 0 spiro atoms. The van der Waals surface area contributed by atoms with E-state index in [2.05, 4.69) is 77.1 Å². The van der Waals surface area contributed by atoms with Gasteiger partial charge in [0.2, 0.25) is 5.91 Å². The van der Waals surface area contributed by atoms with Gasteiger partial charge >= 0.3 is 0 Å². The van der Waals surface area contributed by atoms with Crippen LogP contribution in [0.25, 0.3) is 0 Å². The van der Waals surface area contributed by atoms with Gasteiger partial charge in [-0.05, 0) is 108 Å². The van der Waals surface area contributed by atoms with Crippen LogP contribution in [0, 0.1) is 18.8 Å².